The minimum Gasteiger partial charge on any atom is -0.352 e. The molecule has 4 nitrogen and oxygen atoms in total. The predicted molar refractivity (Wildman–Crippen MR) is 144 cm³/mol. The molecular formula is C28H30BrFN2O2S. The number of rotatable bonds is 11. The van der Waals surface area contributed by atoms with Gasteiger partial charge in [0.25, 0.3) is 0 Å². The molecule has 0 fully saturated rings. The third-order valence-corrected chi connectivity index (χ3v) is 6.84. The van der Waals surface area contributed by atoms with Crippen LogP contribution in [0.2, 0.25) is 0 Å². The molecule has 3 aromatic carbocycles. The van der Waals surface area contributed by atoms with Crippen LogP contribution in [-0.4, -0.2) is 34.6 Å². The van der Waals surface area contributed by atoms with E-state index in [1.165, 1.54) is 17.8 Å². The number of carbonyl (C=O) groups is 2. The second-order valence-electron chi connectivity index (χ2n) is 8.60. The van der Waals surface area contributed by atoms with E-state index >= 15 is 0 Å². The quantitative estimate of drug-likeness (QED) is 0.315. The fourth-order valence-electron chi connectivity index (χ4n) is 3.71. The number of amides is 2. The van der Waals surface area contributed by atoms with Gasteiger partial charge in [0.05, 0.1) is 5.75 Å². The van der Waals surface area contributed by atoms with E-state index in [0.717, 1.165) is 15.6 Å². The van der Waals surface area contributed by atoms with Gasteiger partial charge in [-0.25, -0.2) is 4.39 Å². The summed E-state index contributed by atoms with van der Waals surface area (Å²) in [7, 11) is 0. The van der Waals surface area contributed by atoms with Gasteiger partial charge in [0, 0.05) is 29.2 Å². The van der Waals surface area contributed by atoms with Gasteiger partial charge in [0.1, 0.15) is 11.9 Å². The molecular weight excluding hydrogens is 527 g/mol. The first-order chi connectivity index (χ1) is 16.8. The third kappa shape index (κ3) is 8.51. The Hall–Kier alpha value is -2.64. The van der Waals surface area contributed by atoms with Gasteiger partial charge in [-0.1, -0.05) is 76.6 Å². The number of hydrogen-bond donors (Lipinski definition) is 1. The van der Waals surface area contributed by atoms with Crippen molar-refractivity contribution < 1.29 is 14.0 Å². The summed E-state index contributed by atoms with van der Waals surface area (Å²) in [5.41, 5.74) is 2.45. The van der Waals surface area contributed by atoms with E-state index in [1.807, 2.05) is 68.4 Å². The number of thioether (sulfide) groups is 1. The van der Waals surface area contributed by atoms with Gasteiger partial charge >= 0.3 is 0 Å². The molecule has 0 spiro atoms. The van der Waals surface area contributed by atoms with Crippen molar-refractivity contribution in [2.45, 2.75) is 44.6 Å². The third-order valence-electron chi connectivity index (χ3n) is 5.38. The van der Waals surface area contributed by atoms with Crippen LogP contribution in [0.3, 0.4) is 0 Å². The molecule has 0 aliphatic heterocycles. The van der Waals surface area contributed by atoms with Gasteiger partial charge in [-0.2, -0.15) is 0 Å². The Morgan fingerprint density at radius 3 is 2.34 bits per heavy atom. The Kier molecular flexibility index (Phi) is 10.4. The van der Waals surface area contributed by atoms with E-state index in [4.69, 9.17) is 0 Å². The summed E-state index contributed by atoms with van der Waals surface area (Å²) in [6.45, 7) is 4.10. The fourth-order valence-corrected chi connectivity index (χ4v) is 5.06. The number of nitrogens with zero attached hydrogens (tertiary/aromatic N) is 1. The smallest absolute Gasteiger partial charge is 0.243 e. The number of hydrogen-bond acceptors (Lipinski definition) is 3. The van der Waals surface area contributed by atoms with Crippen LogP contribution in [0.4, 0.5) is 4.39 Å². The van der Waals surface area contributed by atoms with Gasteiger partial charge in [-0.15, -0.1) is 11.8 Å². The van der Waals surface area contributed by atoms with Crippen LogP contribution in [0.25, 0.3) is 0 Å². The summed E-state index contributed by atoms with van der Waals surface area (Å²) >= 11 is 4.84. The molecule has 184 valence electrons. The Balaban J connectivity index is 1.85. The molecule has 3 aromatic rings. The maximum atomic E-state index is 14.0. The lowest BCUT2D eigenvalue weighted by Crippen LogP contribution is -2.52. The molecule has 1 atom stereocenters. The molecule has 0 radical (unpaired) electrons. The maximum Gasteiger partial charge on any atom is 0.243 e. The molecule has 35 heavy (non-hydrogen) atoms. The van der Waals surface area contributed by atoms with Crippen LogP contribution >= 0.6 is 27.7 Å². The van der Waals surface area contributed by atoms with Crippen molar-refractivity contribution in [2.24, 2.45) is 0 Å². The lowest BCUT2D eigenvalue weighted by atomic mass is 10.0. The average Bonchev–Trinajstić information content (AvgIpc) is 2.82. The Labute approximate surface area is 219 Å². The summed E-state index contributed by atoms with van der Waals surface area (Å²) in [4.78, 5) is 28.5. The molecule has 0 heterocycles. The molecule has 1 N–H and O–H groups in total. The Bertz CT molecular complexity index is 1130. The number of nitrogens with one attached hydrogen (secondary N) is 1. The zero-order valence-electron chi connectivity index (χ0n) is 19.9. The lowest BCUT2D eigenvalue weighted by Gasteiger charge is -2.32. The zero-order chi connectivity index (χ0) is 25.2. The minimum atomic E-state index is -0.680. The van der Waals surface area contributed by atoms with Crippen LogP contribution in [0.5, 0.6) is 0 Å². The first kappa shape index (κ1) is 27.0. The number of benzene rings is 3. The molecule has 7 heteroatoms. The van der Waals surface area contributed by atoms with Crippen molar-refractivity contribution in [2.75, 3.05) is 5.75 Å². The Morgan fingerprint density at radius 2 is 1.66 bits per heavy atom. The van der Waals surface area contributed by atoms with Crippen LogP contribution in [0.1, 0.15) is 30.5 Å². The largest absolute Gasteiger partial charge is 0.352 e. The van der Waals surface area contributed by atoms with Crippen LogP contribution < -0.4 is 5.32 Å². The normalized spacial score (nSPS) is 11.8. The lowest BCUT2D eigenvalue weighted by molar-refractivity contribution is -0.139. The van der Waals surface area contributed by atoms with Crippen LogP contribution in [-0.2, 0) is 28.3 Å². The second kappa shape index (κ2) is 13.4. The molecule has 0 saturated carbocycles. The van der Waals surface area contributed by atoms with Crippen molar-refractivity contribution in [3.8, 4) is 0 Å². The zero-order valence-corrected chi connectivity index (χ0v) is 22.3. The standard InChI is InChI=1S/C28H30BrFN2O2S/c1-20(2)31-28(34)26(16-21-9-4-3-5-10-21)32(17-22-11-8-13-24(29)15-22)27(33)19-35-18-23-12-6-7-14-25(23)30/h3-15,20,26H,16-19H2,1-2H3,(H,31,34)/t26-/m0/s1. The van der Waals surface area contributed by atoms with E-state index in [1.54, 1.807) is 23.1 Å². The SMILES string of the molecule is CC(C)NC(=O)[C@H](Cc1ccccc1)N(Cc1cccc(Br)c1)C(=O)CSCc1ccccc1F. The molecule has 3 rings (SSSR count). The molecule has 0 aromatic heterocycles. The molecule has 0 saturated heterocycles. The molecule has 0 aliphatic rings. The number of halogens is 2. The molecule has 0 bridgehead atoms. The van der Waals surface area contributed by atoms with Crippen LogP contribution in [0.15, 0.2) is 83.3 Å². The maximum absolute atomic E-state index is 14.0. The molecule has 2 amide bonds. The first-order valence-electron chi connectivity index (χ1n) is 11.5. The molecule has 0 aliphatic carbocycles. The van der Waals surface area contributed by atoms with Gasteiger partial charge in [-0.05, 0) is 48.7 Å². The summed E-state index contributed by atoms with van der Waals surface area (Å²) in [6.07, 6.45) is 0.400. The van der Waals surface area contributed by atoms with Crippen LogP contribution in [0, 0.1) is 5.82 Å². The second-order valence-corrected chi connectivity index (χ2v) is 10.5. The van der Waals surface area contributed by atoms with E-state index in [0.29, 0.717) is 24.3 Å². The summed E-state index contributed by atoms with van der Waals surface area (Å²) in [6, 6.07) is 23.3. The van der Waals surface area contributed by atoms with Gasteiger partial charge < -0.3 is 10.2 Å². The van der Waals surface area contributed by atoms with E-state index < -0.39 is 6.04 Å². The van der Waals surface area contributed by atoms with E-state index in [2.05, 4.69) is 21.2 Å². The highest BCUT2D eigenvalue weighted by atomic mass is 79.9. The highest BCUT2D eigenvalue weighted by Gasteiger charge is 2.30. The monoisotopic (exact) mass is 556 g/mol. The predicted octanol–water partition coefficient (Wildman–Crippen LogP) is 5.99. The van der Waals surface area contributed by atoms with Crippen molar-refractivity contribution in [1.82, 2.24) is 10.2 Å². The van der Waals surface area contributed by atoms with E-state index in [9.17, 15) is 14.0 Å². The summed E-state index contributed by atoms with van der Waals surface area (Å²) in [5, 5.41) is 2.99. The Morgan fingerprint density at radius 1 is 0.971 bits per heavy atom. The highest BCUT2D eigenvalue weighted by molar-refractivity contribution is 9.10. The fraction of sp³-hybridized carbons (Fsp3) is 0.286. The van der Waals surface area contributed by atoms with Gasteiger partial charge in [-0.3, -0.25) is 9.59 Å². The molecule has 0 unspecified atom stereocenters. The van der Waals surface area contributed by atoms with Gasteiger partial charge in [0.2, 0.25) is 11.8 Å². The van der Waals surface area contributed by atoms with E-state index in [-0.39, 0.29) is 29.4 Å². The number of carbonyl (C=O) groups excluding carboxylic acids is 2. The summed E-state index contributed by atoms with van der Waals surface area (Å²) < 4.78 is 14.9. The summed E-state index contributed by atoms with van der Waals surface area (Å²) in [5.74, 6) is -0.109. The highest BCUT2D eigenvalue weighted by Crippen LogP contribution is 2.21. The minimum absolute atomic E-state index is 0.0565. The first-order valence-corrected chi connectivity index (χ1v) is 13.5. The van der Waals surface area contributed by atoms with Crippen molar-refractivity contribution in [3.05, 3.63) is 106 Å². The average molecular weight is 558 g/mol. The van der Waals surface area contributed by atoms with Crippen molar-refractivity contribution in [3.63, 3.8) is 0 Å². The van der Waals surface area contributed by atoms with Crippen molar-refractivity contribution in [1.29, 1.82) is 0 Å². The van der Waals surface area contributed by atoms with Gasteiger partial charge in [0.15, 0.2) is 0 Å². The van der Waals surface area contributed by atoms with Crippen molar-refractivity contribution >= 4 is 39.5 Å². The topological polar surface area (TPSA) is 49.4 Å².